The number of nitrogens with zero attached hydrogens (tertiary/aromatic N) is 3. The summed E-state index contributed by atoms with van der Waals surface area (Å²) in [6.45, 7) is 2.83. The highest BCUT2D eigenvalue weighted by atomic mass is 32.2. The number of aryl methyl sites for hydroxylation is 1. The Labute approximate surface area is 175 Å². The molecule has 8 heteroatoms. The van der Waals surface area contributed by atoms with Crippen molar-refractivity contribution in [1.82, 2.24) is 14.4 Å². The van der Waals surface area contributed by atoms with Crippen molar-refractivity contribution in [3.05, 3.63) is 60.0 Å². The fourth-order valence-electron chi connectivity index (χ4n) is 3.46. The lowest BCUT2D eigenvalue weighted by molar-refractivity contribution is 0.271. The highest BCUT2D eigenvalue weighted by molar-refractivity contribution is 7.98. The average molecular weight is 430 g/mol. The van der Waals surface area contributed by atoms with E-state index in [1.165, 1.54) is 4.90 Å². The minimum atomic E-state index is -3.46. The summed E-state index contributed by atoms with van der Waals surface area (Å²) in [5.74, 6) is 1.23. The molecule has 0 saturated carbocycles. The molecule has 1 aliphatic heterocycles. The molecule has 0 unspecified atom stereocenters. The van der Waals surface area contributed by atoms with Crippen LogP contribution in [0.15, 0.2) is 62.8 Å². The van der Waals surface area contributed by atoms with Crippen molar-refractivity contribution in [2.75, 3.05) is 19.3 Å². The molecule has 0 amide bonds. The van der Waals surface area contributed by atoms with Crippen LogP contribution in [0.3, 0.4) is 0 Å². The number of hydrogen-bond donors (Lipinski definition) is 0. The monoisotopic (exact) mass is 429 g/mol. The van der Waals surface area contributed by atoms with Crippen molar-refractivity contribution >= 4 is 21.8 Å². The summed E-state index contributed by atoms with van der Waals surface area (Å²) in [5, 5.41) is 4.12. The van der Waals surface area contributed by atoms with E-state index in [9.17, 15) is 8.42 Å². The van der Waals surface area contributed by atoms with Crippen molar-refractivity contribution in [2.24, 2.45) is 0 Å². The van der Waals surface area contributed by atoms with Gasteiger partial charge in [-0.15, -0.1) is 11.8 Å². The third kappa shape index (κ3) is 4.24. The van der Waals surface area contributed by atoms with Gasteiger partial charge in [-0.05, 0) is 62.4 Å². The number of hydrogen-bond acceptors (Lipinski definition) is 6. The molecule has 0 spiro atoms. The minimum absolute atomic E-state index is 0.0752. The molecule has 0 radical (unpaired) electrons. The van der Waals surface area contributed by atoms with Crippen molar-refractivity contribution in [2.45, 2.75) is 35.5 Å². The maximum absolute atomic E-state index is 12.9. The third-order valence-corrected chi connectivity index (χ3v) is 7.91. The van der Waals surface area contributed by atoms with Gasteiger partial charge in [-0.25, -0.2) is 8.42 Å². The van der Waals surface area contributed by atoms with E-state index < -0.39 is 10.0 Å². The van der Waals surface area contributed by atoms with Gasteiger partial charge in [0.2, 0.25) is 21.7 Å². The normalized spacial score (nSPS) is 16.2. The van der Waals surface area contributed by atoms with E-state index in [1.807, 2.05) is 49.6 Å². The van der Waals surface area contributed by atoms with Gasteiger partial charge < -0.3 is 4.52 Å². The zero-order chi connectivity index (χ0) is 20.4. The van der Waals surface area contributed by atoms with Gasteiger partial charge >= 0.3 is 0 Å². The number of aromatic nitrogens is 2. The molecular weight excluding hydrogens is 406 g/mol. The molecule has 152 valence electrons. The molecule has 0 atom stereocenters. The first-order valence-electron chi connectivity index (χ1n) is 9.52. The molecule has 6 nitrogen and oxygen atoms in total. The summed E-state index contributed by atoms with van der Waals surface area (Å²) in [6.07, 6.45) is 3.36. The molecule has 0 aliphatic carbocycles. The summed E-state index contributed by atoms with van der Waals surface area (Å²) in [4.78, 5) is 6.09. The lowest BCUT2D eigenvalue weighted by Gasteiger charge is -2.29. The molecule has 2 heterocycles. The Kier molecular flexibility index (Phi) is 5.76. The molecule has 1 aliphatic rings. The predicted octanol–water partition coefficient (Wildman–Crippen LogP) is 4.34. The summed E-state index contributed by atoms with van der Waals surface area (Å²) in [6, 6.07) is 15.0. The summed E-state index contributed by atoms with van der Waals surface area (Å²) < 4.78 is 32.8. The second-order valence-corrected chi connectivity index (χ2v) is 9.99. The Balaban J connectivity index is 1.43. The van der Waals surface area contributed by atoms with E-state index >= 15 is 0 Å². The van der Waals surface area contributed by atoms with Crippen LogP contribution in [-0.2, 0) is 10.0 Å². The molecule has 1 saturated heterocycles. The van der Waals surface area contributed by atoms with Gasteiger partial charge in [0.1, 0.15) is 0 Å². The quantitative estimate of drug-likeness (QED) is 0.562. The van der Waals surface area contributed by atoms with Gasteiger partial charge in [-0.1, -0.05) is 22.9 Å². The molecule has 0 bridgehead atoms. The maximum Gasteiger partial charge on any atom is 0.243 e. The van der Waals surface area contributed by atoms with Crippen molar-refractivity contribution < 1.29 is 12.9 Å². The first kappa shape index (κ1) is 20.1. The van der Waals surface area contributed by atoms with E-state index in [1.54, 1.807) is 28.2 Å². The molecule has 2 aromatic carbocycles. The van der Waals surface area contributed by atoms with E-state index in [0.717, 1.165) is 11.1 Å². The van der Waals surface area contributed by atoms with Gasteiger partial charge in [0.15, 0.2) is 0 Å². The number of rotatable bonds is 5. The van der Waals surface area contributed by atoms with Crippen LogP contribution in [0.5, 0.6) is 0 Å². The van der Waals surface area contributed by atoms with Crippen molar-refractivity contribution in [3.63, 3.8) is 0 Å². The lowest BCUT2D eigenvalue weighted by Crippen LogP contribution is -2.37. The molecule has 1 fully saturated rings. The zero-order valence-electron chi connectivity index (χ0n) is 16.4. The SMILES string of the molecule is CSc1ccc(-c2noc(C3CCN(S(=O)(=O)c4ccc(C)cc4)CC3)n2)cc1. The Morgan fingerprint density at radius 1 is 1.03 bits per heavy atom. The van der Waals surface area contributed by atoms with E-state index in [2.05, 4.69) is 10.1 Å². The lowest BCUT2D eigenvalue weighted by atomic mass is 9.98. The molecule has 29 heavy (non-hydrogen) atoms. The van der Waals surface area contributed by atoms with Gasteiger partial charge in [0.05, 0.1) is 4.90 Å². The molecule has 1 aromatic heterocycles. The van der Waals surface area contributed by atoms with Crippen LogP contribution in [-0.4, -0.2) is 42.2 Å². The standard InChI is InChI=1S/C21H23N3O3S2/c1-15-3-9-19(10-4-15)29(25,26)24-13-11-17(12-14-24)21-22-20(23-27-21)16-5-7-18(28-2)8-6-16/h3-10,17H,11-14H2,1-2H3. The van der Waals surface area contributed by atoms with Gasteiger partial charge in [-0.2, -0.15) is 9.29 Å². The second-order valence-electron chi connectivity index (χ2n) is 7.18. The Bertz CT molecular complexity index is 1070. The van der Waals surface area contributed by atoms with Gasteiger partial charge in [0.25, 0.3) is 0 Å². The van der Waals surface area contributed by atoms with Crippen LogP contribution in [0, 0.1) is 6.92 Å². The van der Waals surface area contributed by atoms with Crippen LogP contribution >= 0.6 is 11.8 Å². The smallest absolute Gasteiger partial charge is 0.243 e. The number of piperidine rings is 1. The number of benzene rings is 2. The van der Waals surface area contributed by atoms with E-state index in [0.29, 0.717) is 42.5 Å². The summed E-state index contributed by atoms with van der Waals surface area (Å²) >= 11 is 1.68. The largest absolute Gasteiger partial charge is 0.339 e. The van der Waals surface area contributed by atoms with Crippen LogP contribution in [0.1, 0.15) is 30.2 Å². The molecule has 0 N–H and O–H groups in total. The average Bonchev–Trinajstić information content (AvgIpc) is 3.24. The topological polar surface area (TPSA) is 76.3 Å². The van der Waals surface area contributed by atoms with Crippen LogP contribution < -0.4 is 0 Å². The Morgan fingerprint density at radius 2 is 1.69 bits per heavy atom. The number of sulfonamides is 1. The molecule has 3 aromatic rings. The highest BCUT2D eigenvalue weighted by Crippen LogP contribution is 2.31. The minimum Gasteiger partial charge on any atom is -0.339 e. The highest BCUT2D eigenvalue weighted by Gasteiger charge is 2.32. The maximum atomic E-state index is 12.9. The zero-order valence-corrected chi connectivity index (χ0v) is 18.0. The number of thioether (sulfide) groups is 1. The van der Waals surface area contributed by atoms with Gasteiger partial charge in [-0.3, -0.25) is 0 Å². The van der Waals surface area contributed by atoms with Crippen molar-refractivity contribution in [1.29, 1.82) is 0 Å². The summed E-state index contributed by atoms with van der Waals surface area (Å²) in [5.41, 5.74) is 1.95. The summed E-state index contributed by atoms with van der Waals surface area (Å²) in [7, 11) is -3.46. The molecular formula is C21H23N3O3S2. The first-order valence-corrected chi connectivity index (χ1v) is 12.2. The Morgan fingerprint density at radius 3 is 2.31 bits per heavy atom. The van der Waals surface area contributed by atoms with E-state index in [-0.39, 0.29) is 5.92 Å². The van der Waals surface area contributed by atoms with Gasteiger partial charge in [0, 0.05) is 29.5 Å². The van der Waals surface area contributed by atoms with Crippen LogP contribution in [0.25, 0.3) is 11.4 Å². The fourth-order valence-corrected chi connectivity index (χ4v) is 5.34. The Hall–Kier alpha value is -2.16. The first-order chi connectivity index (χ1) is 14.0. The third-order valence-electron chi connectivity index (χ3n) is 5.25. The van der Waals surface area contributed by atoms with Crippen LogP contribution in [0.2, 0.25) is 0 Å². The fraction of sp³-hybridized carbons (Fsp3) is 0.333. The van der Waals surface area contributed by atoms with E-state index in [4.69, 9.17) is 4.52 Å². The second kappa shape index (κ2) is 8.30. The van der Waals surface area contributed by atoms with Crippen LogP contribution in [0.4, 0.5) is 0 Å². The van der Waals surface area contributed by atoms with Crippen molar-refractivity contribution in [3.8, 4) is 11.4 Å². The molecule has 4 rings (SSSR count). The predicted molar refractivity (Wildman–Crippen MR) is 113 cm³/mol.